The molecule has 1 rings (SSSR count). The van der Waals surface area contributed by atoms with Crippen LogP contribution in [-0.2, 0) is 9.53 Å². The Labute approximate surface area is 96.5 Å². The Morgan fingerprint density at radius 3 is 2.76 bits per heavy atom. The van der Waals surface area contributed by atoms with Crippen molar-refractivity contribution in [3.8, 4) is 17.7 Å². The van der Waals surface area contributed by atoms with Gasteiger partial charge in [-0.2, -0.15) is 0 Å². The zero-order valence-corrected chi connectivity index (χ0v) is 9.09. The van der Waals surface area contributed by atoms with Crippen molar-refractivity contribution in [3.05, 3.63) is 27.9 Å². The highest BCUT2D eigenvalue weighted by atomic mass is 16.6. The number of hydrogen-bond acceptors (Lipinski definition) is 6. The van der Waals surface area contributed by atoms with Crippen LogP contribution < -0.4 is 4.74 Å². The Morgan fingerprint density at radius 2 is 2.24 bits per heavy atom. The molecule has 0 spiro atoms. The van der Waals surface area contributed by atoms with Gasteiger partial charge in [0, 0.05) is 18.2 Å². The molecule has 0 aliphatic heterocycles. The van der Waals surface area contributed by atoms with E-state index in [1.54, 1.807) is 0 Å². The number of aromatic nitrogens is 1. The van der Waals surface area contributed by atoms with E-state index in [2.05, 4.69) is 21.6 Å². The summed E-state index contributed by atoms with van der Waals surface area (Å²) in [6.45, 7) is 0. The molecule has 0 aromatic carbocycles. The standard InChI is InChI=1S/C10H8N2O5/c1-16-9(13)4-3-7-5-8(12(14)15)10(17-2)11-6-7/h5-6H,1-2H3. The smallest absolute Gasteiger partial charge is 0.384 e. The summed E-state index contributed by atoms with van der Waals surface area (Å²) in [6.07, 6.45) is 1.27. The van der Waals surface area contributed by atoms with Gasteiger partial charge in [-0.3, -0.25) is 10.1 Å². The van der Waals surface area contributed by atoms with E-state index in [-0.39, 0.29) is 17.1 Å². The van der Waals surface area contributed by atoms with Gasteiger partial charge in [0.05, 0.1) is 24.7 Å². The lowest BCUT2D eigenvalue weighted by Crippen LogP contribution is -1.98. The first-order chi connectivity index (χ1) is 8.08. The van der Waals surface area contributed by atoms with Crippen LogP contribution in [-0.4, -0.2) is 30.1 Å². The second kappa shape index (κ2) is 5.46. The van der Waals surface area contributed by atoms with E-state index < -0.39 is 10.9 Å². The van der Waals surface area contributed by atoms with Crippen molar-refractivity contribution in [2.75, 3.05) is 14.2 Å². The number of ether oxygens (including phenoxy) is 2. The van der Waals surface area contributed by atoms with E-state index in [1.165, 1.54) is 26.5 Å². The van der Waals surface area contributed by atoms with Crippen molar-refractivity contribution in [1.29, 1.82) is 0 Å². The van der Waals surface area contributed by atoms with Crippen LogP contribution in [0.25, 0.3) is 0 Å². The van der Waals surface area contributed by atoms with E-state index in [9.17, 15) is 14.9 Å². The summed E-state index contributed by atoms with van der Waals surface area (Å²) in [5, 5.41) is 10.7. The Bertz CT molecular complexity index is 515. The first-order valence-electron chi connectivity index (χ1n) is 4.37. The molecule has 0 fully saturated rings. The van der Waals surface area contributed by atoms with Crippen molar-refractivity contribution in [2.24, 2.45) is 0 Å². The molecule has 1 aromatic heterocycles. The van der Waals surface area contributed by atoms with Crippen LogP contribution in [0.1, 0.15) is 5.56 Å². The quantitative estimate of drug-likeness (QED) is 0.322. The van der Waals surface area contributed by atoms with E-state index in [4.69, 9.17) is 4.74 Å². The van der Waals surface area contributed by atoms with Gasteiger partial charge in [-0.15, -0.1) is 0 Å². The largest absolute Gasteiger partial charge is 0.476 e. The highest BCUT2D eigenvalue weighted by Crippen LogP contribution is 2.23. The number of rotatable bonds is 2. The summed E-state index contributed by atoms with van der Waals surface area (Å²) >= 11 is 0. The van der Waals surface area contributed by atoms with Crippen LogP contribution in [0.3, 0.4) is 0 Å². The number of pyridine rings is 1. The first-order valence-corrected chi connectivity index (χ1v) is 4.37. The minimum Gasteiger partial charge on any atom is -0.476 e. The van der Waals surface area contributed by atoms with Crippen LogP contribution >= 0.6 is 0 Å². The molecule has 1 heterocycles. The minimum atomic E-state index is -0.733. The van der Waals surface area contributed by atoms with Crippen molar-refractivity contribution in [2.45, 2.75) is 0 Å². The molecule has 0 radical (unpaired) electrons. The third-order valence-electron chi connectivity index (χ3n) is 1.72. The molecule has 0 aliphatic carbocycles. The highest BCUT2D eigenvalue weighted by Gasteiger charge is 2.16. The number of carbonyl (C=O) groups is 1. The molecule has 0 unspecified atom stereocenters. The number of esters is 1. The van der Waals surface area contributed by atoms with Gasteiger partial charge in [0.15, 0.2) is 0 Å². The van der Waals surface area contributed by atoms with Crippen molar-refractivity contribution >= 4 is 11.7 Å². The highest BCUT2D eigenvalue weighted by molar-refractivity contribution is 5.89. The lowest BCUT2D eigenvalue weighted by Gasteiger charge is -1.99. The van der Waals surface area contributed by atoms with E-state index >= 15 is 0 Å². The van der Waals surface area contributed by atoms with Crippen LogP contribution in [0, 0.1) is 22.0 Å². The predicted molar refractivity (Wildman–Crippen MR) is 56.3 cm³/mol. The third-order valence-corrected chi connectivity index (χ3v) is 1.72. The number of nitrogens with zero attached hydrogens (tertiary/aromatic N) is 2. The Balaban J connectivity index is 3.11. The maximum absolute atomic E-state index is 10.8. The molecule has 0 N–H and O–H groups in total. The molecule has 7 nitrogen and oxygen atoms in total. The van der Waals surface area contributed by atoms with Crippen LogP contribution in [0.5, 0.6) is 5.88 Å². The molecule has 0 bridgehead atoms. The van der Waals surface area contributed by atoms with Gasteiger partial charge in [-0.1, -0.05) is 5.92 Å². The molecule has 0 saturated heterocycles. The van der Waals surface area contributed by atoms with Crippen molar-refractivity contribution in [3.63, 3.8) is 0 Å². The summed E-state index contributed by atoms with van der Waals surface area (Å²) < 4.78 is 9.02. The fourth-order valence-electron chi connectivity index (χ4n) is 0.971. The van der Waals surface area contributed by atoms with Gasteiger partial charge in [0.1, 0.15) is 0 Å². The number of hydrogen-bond donors (Lipinski definition) is 0. The van der Waals surface area contributed by atoms with Gasteiger partial charge in [-0.25, -0.2) is 9.78 Å². The average Bonchev–Trinajstić information content (AvgIpc) is 2.35. The SMILES string of the molecule is COC(=O)C#Cc1cnc(OC)c([N+](=O)[O-])c1. The normalized spacial score (nSPS) is 8.82. The van der Waals surface area contributed by atoms with Gasteiger partial charge < -0.3 is 9.47 Å². The lowest BCUT2D eigenvalue weighted by molar-refractivity contribution is -0.386. The predicted octanol–water partition coefficient (Wildman–Crippen LogP) is 0.523. The molecule has 7 heteroatoms. The van der Waals surface area contributed by atoms with E-state index in [0.29, 0.717) is 0 Å². The Hall–Kier alpha value is -2.62. The zero-order valence-electron chi connectivity index (χ0n) is 9.09. The molecule has 88 valence electrons. The van der Waals surface area contributed by atoms with E-state index in [0.717, 1.165) is 0 Å². The molecule has 0 aliphatic rings. The summed E-state index contributed by atoms with van der Waals surface area (Å²) in [5.41, 5.74) is -0.0907. The molecule has 0 atom stereocenters. The van der Waals surface area contributed by atoms with Crippen LogP contribution in [0.2, 0.25) is 0 Å². The minimum absolute atomic E-state index is 0.112. The average molecular weight is 236 g/mol. The van der Waals surface area contributed by atoms with Crippen molar-refractivity contribution < 1.29 is 19.2 Å². The Kier molecular flexibility index (Phi) is 4.00. The van der Waals surface area contributed by atoms with Gasteiger partial charge in [0.25, 0.3) is 5.88 Å². The summed E-state index contributed by atoms with van der Waals surface area (Å²) in [7, 11) is 2.46. The molecular formula is C10H8N2O5. The summed E-state index contributed by atoms with van der Waals surface area (Å²) in [5.74, 6) is 3.69. The number of methoxy groups -OCH3 is 2. The first kappa shape index (κ1) is 12.4. The maximum Gasteiger partial charge on any atom is 0.384 e. The summed E-state index contributed by atoms with van der Waals surface area (Å²) in [6, 6.07) is 1.17. The molecule has 1 aromatic rings. The fraction of sp³-hybridized carbons (Fsp3) is 0.200. The lowest BCUT2D eigenvalue weighted by atomic mass is 10.2. The third kappa shape index (κ3) is 3.17. The fourth-order valence-corrected chi connectivity index (χ4v) is 0.971. The summed E-state index contributed by atoms with van der Waals surface area (Å²) in [4.78, 5) is 24.5. The second-order valence-electron chi connectivity index (χ2n) is 2.75. The van der Waals surface area contributed by atoms with Crippen LogP contribution in [0.4, 0.5) is 5.69 Å². The molecule has 0 amide bonds. The maximum atomic E-state index is 10.8. The van der Waals surface area contributed by atoms with Crippen molar-refractivity contribution in [1.82, 2.24) is 4.98 Å². The van der Waals surface area contributed by atoms with Crippen LogP contribution in [0.15, 0.2) is 12.3 Å². The van der Waals surface area contributed by atoms with Gasteiger partial charge in [-0.05, 0) is 0 Å². The molecule has 0 saturated carbocycles. The van der Waals surface area contributed by atoms with Gasteiger partial charge in [0.2, 0.25) is 0 Å². The molecular weight excluding hydrogens is 228 g/mol. The number of nitro groups is 1. The topological polar surface area (TPSA) is 91.6 Å². The monoisotopic (exact) mass is 236 g/mol. The molecule has 17 heavy (non-hydrogen) atoms. The number of carbonyl (C=O) groups excluding carboxylic acids is 1. The second-order valence-corrected chi connectivity index (χ2v) is 2.75. The van der Waals surface area contributed by atoms with E-state index in [1.807, 2.05) is 0 Å². The Morgan fingerprint density at radius 1 is 1.53 bits per heavy atom. The van der Waals surface area contributed by atoms with Gasteiger partial charge >= 0.3 is 11.7 Å². The zero-order chi connectivity index (χ0) is 12.8.